The molecule has 1 heterocycles. The van der Waals surface area contributed by atoms with Crippen LogP contribution in [0.5, 0.6) is 17.2 Å². The zero-order chi connectivity index (χ0) is 21.5. The summed E-state index contributed by atoms with van der Waals surface area (Å²) in [6.45, 7) is 4.05. The number of piperidine rings is 1. The van der Waals surface area contributed by atoms with Gasteiger partial charge in [0.05, 0.1) is 25.3 Å². The van der Waals surface area contributed by atoms with E-state index in [4.69, 9.17) is 9.47 Å². The maximum Gasteiger partial charge on any atom is 0.338 e. The van der Waals surface area contributed by atoms with E-state index in [1.54, 1.807) is 31.2 Å². The second-order valence-corrected chi connectivity index (χ2v) is 7.38. The van der Waals surface area contributed by atoms with E-state index in [1.807, 2.05) is 0 Å². The van der Waals surface area contributed by atoms with E-state index in [9.17, 15) is 19.8 Å². The summed E-state index contributed by atoms with van der Waals surface area (Å²) in [7, 11) is 0. The van der Waals surface area contributed by atoms with Crippen molar-refractivity contribution in [3.8, 4) is 17.2 Å². The van der Waals surface area contributed by atoms with E-state index in [2.05, 4.69) is 0 Å². The van der Waals surface area contributed by atoms with Gasteiger partial charge in [-0.15, -0.1) is 0 Å². The van der Waals surface area contributed by atoms with Gasteiger partial charge in [-0.2, -0.15) is 0 Å². The van der Waals surface area contributed by atoms with Gasteiger partial charge in [-0.3, -0.25) is 4.79 Å². The highest BCUT2D eigenvalue weighted by Crippen LogP contribution is 2.28. The highest BCUT2D eigenvalue weighted by molar-refractivity contribution is 6.00. The minimum atomic E-state index is -0.454. The minimum absolute atomic E-state index is 0.0161. The predicted octanol–water partition coefficient (Wildman–Crippen LogP) is 1.47. The van der Waals surface area contributed by atoms with Crippen molar-refractivity contribution in [1.82, 2.24) is 0 Å². The van der Waals surface area contributed by atoms with Gasteiger partial charge in [-0.1, -0.05) is 5.75 Å². The van der Waals surface area contributed by atoms with Crippen LogP contribution in [-0.4, -0.2) is 43.2 Å². The zero-order valence-corrected chi connectivity index (χ0v) is 17.1. The van der Waals surface area contributed by atoms with Crippen molar-refractivity contribution in [2.75, 3.05) is 26.3 Å². The van der Waals surface area contributed by atoms with Gasteiger partial charge in [-0.25, -0.2) is 4.79 Å². The molecule has 2 N–H and O–H groups in total. The van der Waals surface area contributed by atoms with Gasteiger partial charge in [-0.05, 0) is 62.6 Å². The van der Waals surface area contributed by atoms with Crippen molar-refractivity contribution < 1.29 is 34.2 Å². The molecule has 2 aromatic rings. The first-order valence-electron chi connectivity index (χ1n) is 10.3. The number of nitrogens with one attached hydrogen (secondary N) is 1. The van der Waals surface area contributed by atoms with Crippen molar-refractivity contribution in [2.24, 2.45) is 0 Å². The van der Waals surface area contributed by atoms with Crippen LogP contribution in [0.3, 0.4) is 0 Å². The average Bonchev–Trinajstić information content (AvgIpc) is 2.76. The van der Waals surface area contributed by atoms with Crippen LogP contribution in [0.4, 0.5) is 0 Å². The summed E-state index contributed by atoms with van der Waals surface area (Å²) in [6, 6.07) is 9.00. The third-order valence-electron chi connectivity index (χ3n) is 5.26. The van der Waals surface area contributed by atoms with Crippen LogP contribution in [0, 0.1) is 0 Å². The molecule has 0 radical (unpaired) electrons. The molecule has 1 saturated heterocycles. The molecule has 0 bridgehead atoms. The van der Waals surface area contributed by atoms with Crippen molar-refractivity contribution >= 4 is 11.8 Å². The maximum absolute atomic E-state index is 12.8. The fourth-order valence-corrected chi connectivity index (χ4v) is 3.61. The molecule has 0 spiro atoms. The summed E-state index contributed by atoms with van der Waals surface area (Å²) < 4.78 is 10.4. The van der Waals surface area contributed by atoms with Gasteiger partial charge in [0.2, 0.25) is 0 Å². The second kappa shape index (κ2) is 10.1. The first-order valence-corrected chi connectivity index (χ1v) is 10.3. The topological polar surface area (TPSA) is 100 Å². The molecule has 1 aliphatic heterocycles. The molecule has 7 heteroatoms. The number of ketones is 1. The Balaban J connectivity index is 1.65. The Labute approximate surface area is 175 Å². The van der Waals surface area contributed by atoms with Crippen molar-refractivity contribution in [3.63, 3.8) is 0 Å². The Hall–Kier alpha value is -3.06. The van der Waals surface area contributed by atoms with Crippen LogP contribution in [0.2, 0.25) is 0 Å². The number of phenols is 1. The molecule has 3 rings (SSSR count). The SMILES string of the molecule is CCOC(=O)c1ccc(OCC(=O)c2ccc(O)c(C[NH+]3CCCCC3)c2[O-])cc1. The van der Waals surface area contributed by atoms with E-state index in [0.717, 1.165) is 25.9 Å². The number of carbonyl (C=O) groups is 2. The van der Waals surface area contributed by atoms with E-state index in [0.29, 0.717) is 17.9 Å². The van der Waals surface area contributed by atoms with E-state index >= 15 is 0 Å². The summed E-state index contributed by atoms with van der Waals surface area (Å²) in [5.41, 5.74) is 0.694. The number of likely N-dealkylation sites (tertiary alicyclic amines) is 1. The fourth-order valence-electron chi connectivity index (χ4n) is 3.61. The molecule has 160 valence electrons. The van der Waals surface area contributed by atoms with Gasteiger partial charge in [0.1, 0.15) is 18.0 Å². The molecular formula is C23H27NO6. The highest BCUT2D eigenvalue weighted by Gasteiger charge is 2.19. The van der Waals surface area contributed by atoms with Crippen LogP contribution >= 0.6 is 0 Å². The normalized spacial score (nSPS) is 14.3. The standard InChI is InChI=1S/C23H27NO6/c1-2-29-23(28)16-6-8-17(9-7-16)30-15-21(26)18-10-11-20(25)19(22(18)27)14-24-12-4-3-5-13-24/h6-11,25,27H,2-5,12-15H2,1H3. The number of carbonyl (C=O) groups excluding carboxylic acids is 2. The molecule has 0 saturated carbocycles. The lowest BCUT2D eigenvalue weighted by molar-refractivity contribution is -0.918. The first-order chi connectivity index (χ1) is 14.5. The third-order valence-corrected chi connectivity index (χ3v) is 5.26. The van der Waals surface area contributed by atoms with E-state index < -0.39 is 17.5 Å². The average molecular weight is 413 g/mol. The van der Waals surface area contributed by atoms with Gasteiger partial charge >= 0.3 is 5.97 Å². The lowest BCUT2D eigenvalue weighted by atomic mass is 10.0. The fraction of sp³-hybridized carbons (Fsp3) is 0.391. The number of hydrogen-bond acceptors (Lipinski definition) is 6. The number of ether oxygens (including phenoxy) is 2. The summed E-state index contributed by atoms with van der Waals surface area (Å²) >= 11 is 0. The van der Waals surface area contributed by atoms with E-state index in [1.165, 1.54) is 23.5 Å². The summed E-state index contributed by atoms with van der Waals surface area (Å²) in [4.78, 5) is 25.5. The van der Waals surface area contributed by atoms with Crippen LogP contribution in [0.15, 0.2) is 36.4 Å². The number of aromatic hydroxyl groups is 1. The molecule has 0 aromatic heterocycles. The van der Waals surface area contributed by atoms with Crippen LogP contribution in [0.25, 0.3) is 0 Å². The Morgan fingerprint density at radius 1 is 1.07 bits per heavy atom. The first kappa shape index (κ1) is 21.6. The van der Waals surface area contributed by atoms with Crippen LogP contribution in [0.1, 0.15) is 52.5 Å². The summed E-state index contributed by atoms with van der Waals surface area (Å²) in [6.07, 6.45) is 3.40. The third kappa shape index (κ3) is 5.30. The molecule has 7 nitrogen and oxygen atoms in total. The molecule has 0 aliphatic carbocycles. The Bertz CT molecular complexity index is 887. The van der Waals surface area contributed by atoms with Crippen LogP contribution in [-0.2, 0) is 11.3 Å². The van der Waals surface area contributed by atoms with Gasteiger partial charge in [0, 0.05) is 11.1 Å². The largest absolute Gasteiger partial charge is 0.872 e. The van der Waals surface area contributed by atoms with Gasteiger partial charge in [0.15, 0.2) is 12.4 Å². The Morgan fingerprint density at radius 2 is 1.77 bits per heavy atom. The summed E-state index contributed by atoms with van der Waals surface area (Å²) in [5.74, 6) is -0.974. The number of phenolic OH excluding ortho intramolecular Hbond substituents is 1. The maximum atomic E-state index is 12.8. The predicted molar refractivity (Wildman–Crippen MR) is 108 cm³/mol. The van der Waals surface area contributed by atoms with Gasteiger partial charge < -0.3 is 24.6 Å². The highest BCUT2D eigenvalue weighted by atomic mass is 16.5. The van der Waals surface area contributed by atoms with Crippen molar-refractivity contribution in [3.05, 3.63) is 53.1 Å². The number of esters is 1. The zero-order valence-electron chi connectivity index (χ0n) is 17.1. The summed E-state index contributed by atoms with van der Waals surface area (Å²) in [5, 5.41) is 22.9. The smallest absolute Gasteiger partial charge is 0.338 e. The monoisotopic (exact) mass is 413 g/mol. The number of quaternary nitrogens is 1. The lowest BCUT2D eigenvalue weighted by Crippen LogP contribution is -3.11. The molecule has 1 aliphatic rings. The second-order valence-electron chi connectivity index (χ2n) is 7.38. The number of benzene rings is 2. The number of Topliss-reactive ketones (excluding diaryl/α,β-unsaturated/α-hetero) is 1. The minimum Gasteiger partial charge on any atom is -0.872 e. The molecule has 1 fully saturated rings. The van der Waals surface area contributed by atoms with Crippen molar-refractivity contribution in [1.29, 1.82) is 0 Å². The molecule has 0 atom stereocenters. The van der Waals surface area contributed by atoms with Gasteiger partial charge in [0.25, 0.3) is 0 Å². The lowest BCUT2D eigenvalue weighted by Gasteiger charge is -2.27. The quantitative estimate of drug-likeness (QED) is 0.502. The Morgan fingerprint density at radius 3 is 2.43 bits per heavy atom. The molecule has 30 heavy (non-hydrogen) atoms. The molecular weight excluding hydrogens is 386 g/mol. The van der Waals surface area contributed by atoms with Crippen molar-refractivity contribution in [2.45, 2.75) is 32.7 Å². The Kier molecular flexibility index (Phi) is 7.30. The molecule has 0 unspecified atom stereocenters. The number of hydrogen-bond donors (Lipinski definition) is 2. The number of rotatable bonds is 8. The van der Waals surface area contributed by atoms with Crippen LogP contribution < -0.4 is 14.7 Å². The molecule has 2 aromatic carbocycles. The molecule has 0 amide bonds. The van der Waals surface area contributed by atoms with E-state index in [-0.39, 0.29) is 30.1 Å².